The maximum atomic E-state index is 13.4. The highest BCUT2D eigenvalue weighted by atomic mass is 32.2. The molecule has 32 heavy (non-hydrogen) atoms. The molecule has 0 saturated carbocycles. The minimum atomic E-state index is -4.03. The number of carbonyl (C=O) groups excluding carboxylic acids is 1. The predicted octanol–water partition coefficient (Wildman–Crippen LogP) is 3.66. The third kappa shape index (κ3) is 6.38. The second kappa shape index (κ2) is 10.9. The summed E-state index contributed by atoms with van der Waals surface area (Å²) < 4.78 is 46.3. The Morgan fingerprint density at radius 3 is 2.28 bits per heavy atom. The van der Waals surface area contributed by atoms with Gasteiger partial charge in [0.05, 0.1) is 23.8 Å². The van der Waals surface area contributed by atoms with Gasteiger partial charge in [-0.25, -0.2) is 12.8 Å². The number of hydrogen-bond acceptors (Lipinski definition) is 4. The Kier molecular flexibility index (Phi) is 7.97. The van der Waals surface area contributed by atoms with Crippen molar-refractivity contribution in [2.45, 2.75) is 18.4 Å². The average molecular weight is 457 g/mol. The molecule has 3 rings (SSSR count). The highest BCUT2D eigenvalue weighted by Crippen LogP contribution is 2.24. The minimum absolute atomic E-state index is 0.0476. The fourth-order valence-electron chi connectivity index (χ4n) is 2.97. The molecule has 8 heteroatoms. The molecule has 0 bridgehead atoms. The number of halogens is 1. The highest BCUT2D eigenvalue weighted by Gasteiger charge is 2.27. The number of amides is 1. The second-order valence-corrected chi connectivity index (χ2v) is 9.05. The minimum Gasteiger partial charge on any atom is -0.375 e. The van der Waals surface area contributed by atoms with Gasteiger partial charge < -0.3 is 10.1 Å². The molecule has 1 amide bonds. The van der Waals surface area contributed by atoms with E-state index in [0.29, 0.717) is 6.61 Å². The maximum absolute atomic E-state index is 13.4. The van der Waals surface area contributed by atoms with E-state index in [1.54, 1.807) is 12.1 Å². The maximum Gasteiger partial charge on any atom is 0.264 e. The van der Waals surface area contributed by atoms with Gasteiger partial charge in [-0.3, -0.25) is 9.10 Å². The first-order chi connectivity index (χ1) is 15.4. The summed E-state index contributed by atoms with van der Waals surface area (Å²) in [5.74, 6) is -0.991. The summed E-state index contributed by atoms with van der Waals surface area (Å²) in [5, 5.41) is 2.67. The summed E-state index contributed by atoms with van der Waals surface area (Å²) >= 11 is 0. The van der Waals surface area contributed by atoms with Crippen LogP contribution in [-0.2, 0) is 26.2 Å². The monoisotopic (exact) mass is 456 g/mol. The van der Waals surface area contributed by atoms with E-state index >= 15 is 0 Å². The van der Waals surface area contributed by atoms with Crippen molar-refractivity contribution < 1.29 is 22.3 Å². The van der Waals surface area contributed by atoms with Gasteiger partial charge >= 0.3 is 0 Å². The Morgan fingerprint density at radius 2 is 1.62 bits per heavy atom. The van der Waals surface area contributed by atoms with Crippen LogP contribution in [0.3, 0.4) is 0 Å². The molecule has 0 aliphatic rings. The van der Waals surface area contributed by atoms with Crippen LogP contribution in [0.25, 0.3) is 0 Å². The number of anilines is 1. The van der Waals surface area contributed by atoms with E-state index in [1.807, 2.05) is 37.3 Å². The van der Waals surface area contributed by atoms with E-state index in [0.717, 1.165) is 27.6 Å². The Labute approximate surface area is 187 Å². The van der Waals surface area contributed by atoms with Gasteiger partial charge in [-0.1, -0.05) is 48.0 Å². The van der Waals surface area contributed by atoms with Crippen LogP contribution >= 0.6 is 0 Å². The fraction of sp³-hybridized carbons (Fsp3) is 0.208. The van der Waals surface area contributed by atoms with Gasteiger partial charge in [0.15, 0.2) is 0 Å². The zero-order valence-electron chi connectivity index (χ0n) is 17.7. The van der Waals surface area contributed by atoms with Crippen molar-refractivity contribution in [1.29, 1.82) is 0 Å². The van der Waals surface area contributed by atoms with E-state index in [9.17, 15) is 17.6 Å². The summed E-state index contributed by atoms with van der Waals surface area (Å²) in [6, 6.07) is 20.9. The van der Waals surface area contributed by atoms with Gasteiger partial charge in [0.25, 0.3) is 10.0 Å². The quantitative estimate of drug-likeness (QED) is 0.473. The third-order valence-corrected chi connectivity index (χ3v) is 6.48. The summed E-state index contributed by atoms with van der Waals surface area (Å²) in [7, 11) is -4.03. The zero-order chi connectivity index (χ0) is 23.0. The molecule has 3 aromatic carbocycles. The van der Waals surface area contributed by atoms with Crippen LogP contribution in [0.2, 0.25) is 0 Å². The molecule has 0 radical (unpaired) electrons. The first-order valence-electron chi connectivity index (χ1n) is 10.1. The molecule has 0 aliphatic carbocycles. The molecule has 0 saturated heterocycles. The summed E-state index contributed by atoms with van der Waals surface area (Å²) in [6.45, 7) is 2.33. The molecule has 1 N–H and O–H groups in total. The van der Waals surface area contributed by atoms with Crippen LogP contribution in [0.4, 0.5) is 10.1 Å². The summed E-state index contributed by atoms with van der Waals surface area (Å²) in [5.41, 5.74) is 2.12. The van der Waals surface area contributed by atoms with Crippen molar-refractivity contribution in [1.82, 2.24) is 5.32 Å². The van der Waals surface area contributed by atoms with Crippen molar-refractivity contribution in [2.75, 3.05) is 24.0 Å². The first-order valence-corrected chi connectivity index (χ1v) is 11.5. The second-order valence-electron chi connectivity index (χ2n) is 7.19. The number of rotatable bonds is 10. The van der Waals surface area contributed by atoms with Gasteiger partial charge in [-0.15, -0.1) is 0 Å². The molecule has 0 atom stereocenters. The highest BCUT2D eigenvalue weighted by molar-refractivity contribution is 7.92. The lowest BCUT2D eigenvalue weighted by Crippen LogP contribution is -2.41. The molecule has 0 spiro atoms. The molecule has 0 aliphatic heterocycles. The third-order valence-electron chi connectivity index (χ3n) is 4.69. The van der Waals surface area contributed by atoms with Gasteiger partial charge in [-0.05, 0) is 48.9 Å². The summed E-state index contributed by atoms with van der Waals surface area (Å²) in [6.07, 6.45) is 0. The number of aryl methyl sites for hydroxylation is 1. The van der Waals surface area contributed by atoms with E-state index in [4.69, 9.17) is 4.74 Å². The number of nitrogens with zero attached hydrogens (tertiary/aromatic N) is 1. The zero-order valence-corrected chi connectivity index (χ0v) is 18.5. The van der Waals surface area contributed by atoms with Crippen LogP contribution in [0.15, 0.2) is 83.8 Å². The van der Waals surface area contributed by atoms with E-state index in [1.165, 1.54) is 24.3 Å². The summed E-state index contributed by atoms with van der Waals surface area (Å²) in [4.78, 5) is 12.6. The molecule has 6 nitrogen and oxygen atoms in total. The van der Waals surface area contributed by atoms with Crippen molar-refractivity contribution in [3.63, 3.8) is 0 Å². The van der Waals surface area contributed by atoms with Crippen molar-refractivity contribution in [2.24, 2.45) is 0 Å². The Morgan fingerprint density at radius 1 is 0.969 bits per heavy atom. The molecule has 0 heterocycles. The van der Waals surface area contributed by atoms with Crippen LogP contribution in [0.1, 0.15) is 11.1 Å². The van der Waals surface area contributed by atoms with Crippen molar-refractivity contribution in [3.8, 4) is 0 Å². The van der Waals surface area contributed by atoms with Crippen LogP contribution in [0.5, 0.6) is 0 Å². The van der Waals surface area contributed by atoms with Crippen molar-refractivity contribution in [3.05, 3.63) is 95.8 Å². The number of ether oxygens (including phenoxy) is 1. The largest absolute Gasteiger partial charge is 0.375 e. The molecule has 0 unspecified atom stereocenters. The Hall–Kier alpha value is -3.23. The Balaban J connectivity index is 1.65. The SMILES string of the molecule is Cc1ccc(S(=O)(=O)N(CC(=O)NCCOCc2ccccc2)c2ccc(F)cc2)cc1. The van der Waals surface area contributed by atoms with Crippen molar-refractivity contribution >= 4 is 21.6 Å². The van der Waals surface area contributed by atoms with E-state index < -0.39 is 28.3 Å². The standard InChI is InChI=1S/C24H25FN2O4S/c1-19-7-13-23(14-8-19)32(29,30)27(22-11-9-21(25)10-12-22)17-24(28)26-15-16-31-18-20-5-3-2-4-6-20/h2-14H,15-18H2,1H3,(H,26,28). The van der Waals surface area contributed by atoms with Crippen LogP contribution < -0.4 is 9.62 Å². The lowest BCUT2D eigenvalue weighted by atomic mass is 10.2. The fourth-order valence-corrected chi connectivity index (χ4v) is 4.39. The predicted molar refractivity (Wildman–Crippen MR) is 121 cm³/mol. The lowest BCUT2D eigenvalue weighted by molar-refractivity contribution is -0.119. The van der Waals surface area contributed by atoms with Gasteiger partial charge in [0, 0.05) is 6.54 Å². The number of hydrogen-bond donors (Lipinski definition) is 1. The van der Waals surface area contributed by atoms with Gasteiger partial charge in [-0.2, -0.15) is 0 Å². The molecule has 0 aromatic heterocycles. The molecule has 3 aromatic rings. The number of benzene rings is 3. The molecular formula is C24H25FN2O4S. The number of nitrogens with one attached hydrogen (secondary N) is 1. The molecule has 168 valence electrons. The number of carbonyl (C=O) groups is 1. The van der Waals surface area contributed by atoms with Crippen LogP contribution in [0, 0.1) is 12.7 Å². The smallest absolute Gasteiger partial charge is 0.264 e. The average Bonchev–Trinajstić information content (AvgIpc) is 2.79. The first kappa shape index (κ1) is 23.4. The molecule has 0 fully saturated rings. The van der Waals surface area contributed by atoms with E-state index in [-0.39, 0.29) is 23.7 Å². The topological polar surface area (TPSA) is 75.7 Å². The number of sulfonamides is 1. The normalized spacial score (nSPS) is 11.2. The van der Waals surface area contributed by atoms with Crippen LogP contribution in [-0.4, -0.2) is 34.0 Å². The van der Waals surface area contributed by atoms with Gasteiger partial charge in [0.1, 0.15) is 12.4 Å². The van der Waals surface area contributed by atoms with Gasteiger partial charge in [0.2, 0.25) is 5.91 Å². The Bertz CT molecular complexity index is 1120. The molecular weight excluding hydrogens is 431 g/mol. The lowest BCUT2D eigenvalue weighted by Gasteiger charge is -2.24. The van der Waals surface area contributed by atoms with E-state index in [2.05, 4.69) is 5.32 Å².